The number of hydrogen-bond donors (Lipinski definition) is 0. The fraction of sp³-hybridized carbons (Fsp3) is 0.750. The summed E-state index contributed by atoms with van der Waals surface area (Å²) in [6.07, 6.45) is 0.326. The van der Waals surface area contributed by atoms with Gasteiger partial charge in [0.05, 0.1) is 19.1 Å². The average Bonchev–Trinajstić information content (AvgIpc) is 2.17. The van der Waals surface area contributed by atoms with E-state index in [0.717, 1.165) is 0 Å². The van der Waals surface area contributed by atoms with Gasteiger partial charge in [-0.3, -0.25) is 4.79 Å². The number of nitriles is 1. The first-order valence-corrected chi connectivity index (χ1v) is 4.49. The molecule has 74 valence electrons. The molecule has 0 atom stereocenters. The summed E-state index contributed by atoms with van der Waals surface area (Å²) < 4.78 is 4.83. The van der Waals surface area contributed by atoms with Crippen molar-refractivity contribution in [2.24, 2.45) is 0 Å². The molecule has 13 heavy (non-hydrogen) atoms. The monoisotopic (exact) mass is 204 g/mol. The highest BCUT2D eigenvalue weighted by atomic mass is 35.5. The minimum atomic E-state index is -0.158. The minimum Gasteiger partial charge on any atom is -0.383 e. The number of carbonyl (C=O) groups excluding carboxylic acids is 1. The summed E-state index contributed by atoms with van der Waals surface area (Å²) in [6, 6.07) is 1.98. The highest BCUT2D eigenvalue weighted by Crippen LogP contribution is 1.94. The van der Waals surface area contributed by atoms with Crippen LogP contribution in [0.4, 0.5) is 0 Å². The molecule has 1 amide bonds. The lowest BCUT2D eigenvalue weighted by Gasteiger charge is -2.19. The lowest BCUT2D eigenvalue weighted by Crippen LogP contribution is -2.35. The molecule has 0 aromatic rings. The Morgan fingerprint density at radius 2 is 2.31 bits per heavy atom. The van der Waals surface area contributed by atoms with Gasteiger partial charge in [-0.25, -0.2) is 0 Å². The summed E-state index contributed by atoms with van der Waals surface area (Å²) >= 11 is 5.39. The van der Waals surface area contributed by atoms with Gasteiger partial charge in [-0.2, -0.15) is 5.26 Å². The van der Waals surface area contributed by atoms with Crippen molar-refractivity contribution in [2.45, 2.75) is 6.42 Å². The molecule has 5 heteroatoms. The number of ether oxygens (including phenoxy) is 1. The normalized spacial score (nSPS) is 9.31. The summed E-state index contributed by atoms with van der Waals surface area (Å²) in [7, 11) is 1.56. The Hall–Kier alpha value is -0.790. The predicted molar refractivity (Wildman–Crippen MR) is 49.4 cm³/mol. The summed E-state index contributed by atoms with van der Waals surface area (Å²) in [5.41, 5.74) is 0. The van der Waals surface area contributed by atoms with Gasteiger partial charge in [-0.05, 0) is 0 Å². The molecule has 0 saturated carbocycles. The molecule has 0 radical (unpaired) electrons. The van der Waals surface area contributed by atoms with Gasteiger partial charge in [0.15, 0.2) is 0 Å². The highest BCUT2D eigenvalue weighted by molar-refractivity contribution is 6.27. The molecule has 0 fully saturated rings. The average molecular weight is 205 g/mol. The van der Waals surface area contributed by atoms with Gasteiger partial charge in [0.25, 0.3) is 0 Å². The Kier molecular flexibility index (Phi) is 7.36. The second-order valence-corrected chi connectivity index (χ2v) is 2.68. The summed E-state index contributed by atoms with van der Waals surface area (Å²) in [6.45, 7) is 1.38. The Balaban J connectivity index is 3.88. The van der Waals surface area contributed by atoms with Crippen molar-refractivity contribution in [3.05, 3.63) is 0 Å². The molecule has 0 N–H and O–H groups in total. The van der Waals surface area contributed by atoms with E-state index in [-0.39, 0.29) is 11.8 Å². The van der Waals surface area contributed by atoms with Crippen molar-refractivity contribution < 1.29 is 9.53 Å². The topological polar surface area (TPSA) is 53.3 Å². The van der Waals surface area contributed by atoms with Crippen LogP contribution in [0.25, 0.3) is 0 Å². The minimum absolute atomic E-state index is 0.0465. The Morgan fingerprint density at radius 1 is 1.62 bits per heavy atom. The van der Waals surface area contributed by atoms with E-state index in [1.54, 1.807) is 7.11 Å². The van der Waals surface area contributed by atoms with Gasteiger partial charge in [-0.15, -0.1) is 11.6 Å². The lowest BCUT2D eigenvalue weighted by atomic mass is 10.4. The number of rotatable bonds is 6. The van der Waals surface area contributed by atoms with Crippen molar-refractivity contribution in [2.75, 3.05) is 32.7 Å². The zero-order chi connectivity index (χ0) is 10.1. The van der Waals surface area contributed by atoms with Gasteiger partial charge in [0, 0.05) is 20.2 Å². The molecule has 0 aliphatic rings. The number of carbonyl (C=O) groups is 1. The van der Waals surface area contributed by atoms with E-state index < -0.39 is 0 Å². The molecule has 0 saturated heterocycles. The van der Waals surface area contributed by atoms with E-state index >= 15 is 0 Å². The van der Waals surface area contributed by atoms with Crippen LogP contribution in [0.3, 0.4) is 0 Å². The second kappa shape index (κ2) is 7.84. The molecule has 0 heterocycles. The maximum atomic E-state index is 11.2. The molecule has 0 rings (SSSR count). The van der Waals surface area contributed by atoms with Crippen LogP contribution in [0.1, 0.15) is 6.42 Å². The Labute approximate surface area is 83.0 Å². The third-order valence-electron chi connectivity index (χ3n) is 1.53. The largest absolute Gasteiger partial charge is 0.383 e. The Bertz CT molecular complexity index is 191. The smallest absolute Gasteiger partial charge is 0.237 e. The van der Waals surface area contributed by atoms with Crippen molar-refractivity contribution in [3.8, 4) is 6.07 Å². The summed E-state index contributed by atoms with van der Waals surface area (Å²) in [4.78, 5) is 12.7. The van der Waals surface area contributed by atoms with E-state index in [0.29, 0.717) is 26.1 Å². The second-order valence-electron chi connectivity index (χ2n) is 2.42. The third kappa shape index (κ3) is 5.45. The quantitative estimate of drug-likeness (QED) is 0.596. The molecular weight excluding hydrogens is 192 g/mol. The number of halogens is 1. The first-order chi connectivity index (χ1) is 6.26. The van der Waals surface area contributed by atoms with Crippen molar-refractivity contribution in [1.82, 2.24) is 4.90 Å². The third-order valence-corrected chi connectivity index (χ3v) is 1.75. The molecule has 0 aromatic carbocycles. The molecule has 4 nitrogen and oxygen atoms in total. The van der Waals surface area contributed by atoms with Crippen LogP contribution in [-0.4, -0.2) is 43.5 Å². The van der Waals surface area contributed by atoms with E-state index in [1.165, 1.54) is 4.90 Å². The standard InChI is InChI=1S/C8H13ClN2O2/c1-13-6-5-11(4-2-3-10)8(12)7-9/h2,4-7H2,1H3. The van der Waals surface area contributed by atoms with Gasteiger partial charge in [0.1, 0.15) is 5.88 Å². The van der Waals surface area contributed by atoms with Gasteiger partial charge in [0.2, 0.25) is 5.91 Å². The molecular formula is C8H13ClN2O2. The van der Waals surface area contributed by atoms with Crippen LogP contribution in [-0.2, 0) is 9.53 Å². The molecule has 0 aliphatic carbocycles. The van der Waals surface area contributed by atoms with Crippen LogP contribution >= 0.6 is 11.6 Å². The van der Waals surface area contributed by atoms with Crippen LogP contribution in [0.5, 0.6) is 0 Å². The Morgan fingerprint density at radius 3 is 2.77 bits per heavy atom. The van der Waals surface area contributed by atoms with Crippen LogP contribution in [0, 0.1) is 11.3 Å². The van der Waals surface area contributed by atoms with E-state index in [4.69, 9.17) is 21.6 Å². The molecule has 0 unspecified atom stereocenters. The van der Waals surface area contributed by atoms with Crippen molar-refractivity contribution >= 4 is 17.5 Å². The SMILES string of the molecule is COCCN(CCC#N)C(=O)CCl. The van der Waals surface area contributed by atoms with Crippen LogP contribution in [0.2, 0.25) is 0 Å². The van der Waals surface area contributed by atoms with Crippen LogP contribution in [0.15, 0.2) is 0 Å². The first-order valence-electron chi connectivity index (χ1n) is 3.96. The van der Waals surface area contributed by atoms with Crippen molar-refractivity contribution in [3.63, 3.8) is 0 Å². The van der Waals surface area contributed by atoms with Gasteiger partial charge >= 0.3 is 0 Å². The van der Waals surface area contributed by atoms with E-state index in [1.807, 2.05) is 6.07 Å². The van der Waals surface area contributed by atoms with E-state index in [9.17, 15) is 4.79 Å². The zero-order valence-corrected chi connectivity index (χ0v) is 8.38. The molecule has 0 bridgehead atoms. The zero-order valence-electron chi connectivity index (χ0n) is 7.62. The van der Waals surface area contributed by atoms with Crippen LogP contribution < -0.4 is 0 Å². The van der Waals surface area contributed by atoms with Gasteiger partial charge < -0.3 is 9.64 Å². The summed E-state index contributed by atoms with van der Waals surface area (Å²) in [5, 5.41) is 8.34. The highest BCUT2D eigenvalue weighted by Gasteiger charge is 2.10. The molecule has 0 aliphatic heterocycles. The fourth-order valence-corrected chi connectivity index (χ4v) is 1.00. The predicted octanol–water partition coefficient (Wildman–Crippen LogP) is 0.614. The number of alkyl halides is 1. The number of amides is 1. The lowest BCUT2D eigenvalue weighted by molar-refractivity contribution is -0.129. The first kappa shape index (κ1) is 12.2. The van der Waals surface area contributed by atoms with Crippen molar-refractivity contribution in [1.29, 1.82) is 5.26 Å². The maximum absolute atomic E-state index is 11.2. The maximum Gasteiger partial charge on any atom is 0.237 e. The molecule has 0 spiro atoms. The fourth-order valence-electron chi connectivity index (χ4n) is 0.832. The number of methoxy groups -OCH3 is 1. The number of nitrogens with zero attached hydrogens (tertiary/aromatic N) is 2. The van der Waals surface area contributed by atoms with E-state index in [2.05, 4.69) is 0 Å². The summed E-state index contributed by atoms with van der Waals surface area (Å²) in [5.74, 6) is -0.205. The van der Waals surface area contributed by atoms with Gasteiger partial charge in [-0.1, -0.05) is 0 Å². The molecule has 0 aromatic heterocycles. The number of hydrogen-bond acceptors (Lipinski definition) is 3.